The summed E-state index contributed by atoms with van der Waals surface area (Å²) in [6.45, 7) is 0.267. The molecular formula is C14H9ClN4O2S. The second-order valence-corrected chi connectivity index (χ2v) is 5.90. The lowest BCUT2D eigenvalue weighted by Crippen LogP contribution is -2.37. The molecule has 2 aliphatic rings. The molecule has 1 aromatic rings. The minimum absolute atomic E-state index is 0.100. The van der Waals surface area contributed by atoms with Gasteiger partial charge in [-0.2, -0.15) is 4.98 Å². The first-order valence-corrected chi connectivity index (χ1v) is 7.49. The molecule has 0 aromatic carbocycles. The minimum Gasteiger partial charge on any atom is -0.326 e. The topological polar surface area (TPSA) is 69.8 Å². The van der Waals surface area contributed by atoms with Crippen LogP contribution in [0.25, 0.3) is 11.4 Å². The number of nitrogens with zero attached hydrogens (tertiary/aromatic N) is 4. The van der Waals surface area contributed by atoms with Crippen molar-refractivity contribution < 1.29 is 0 Å². The van der Waals surface area contributed by atoms with Gasteiger partial charge in [-0.1, -0.05) is 17.5 Å². The van der Waals surface area contributed by atoms with Crippen LogP contribution in [-0.4, -0.2) is 19.1 Å². The van der Waals surface area contributed by atoms with Crippen LogP contribution in [0.2, 0.25) is 4.47 Å². The van der Waals surface area contributed by atoms with E-state index in [-0.39, 0.29) is 6.54 Å². The molecule has 0 saturated heterocycles. The lowest BCUT2D eigenvalue weighted by molar-refractivity contribution is 0.694. The highest BCUT2D eigenvalue weighted by Gasteiger charge is 2.17. The predicted octanol–water partition coefficient (Wildman–Crippen LogP) is 1.30. The van der Waals surface area contributed by atoms with Gasteiger partial charge >= 0.3 is 5.69 Å². The molecule has 0 radical (unpaired) electrons. The van der Waals surface area contributed by atoms with Crippen LogP contribution in [0.5, 0.6) is 0 Å². The minimum atomic E-state index is -0.660. The summed E-state index contributed by atoms with van der Waals surface area (Å²) in [7, 11) is 0. The molecule has 3 rings (SSSR count). The molecule has 3 heterocycles. The average Bonchev–Trinajstić information content (AvgIpc) is 2.90. The summed E-state index contributed by atoms with van der Waals surface area (Å²) in [6.07, 6.45) is 6.90. The summed E-state index contributed by atoms with van der Waals surface area (Å²) in [5, 5.41) is 1.81. The molecule has 0 saturated carbocycles. The molecule has 0 aliphatic carbocycles. The Morgan fingerprint density at radius 1 is 1.36 bits per heavy atom. The molecule has 6 nitrogen and oxygen atoms in total. The molecule has 1 aromatic heterocycles. The lowest BCUT2D eigenvalue weighted by Gasteiger charge is -2.13. The third kappa shape index (κ3) is 2.54. The van der Waals surface area contributed by atoms with E-state index in [0.717, 1.165) is 10.3 Å². The van der Waals surface area contributed by atoms with Crippen LogP contribution in [0.3, 0.4) is 0 Å². The smallest absolute Gasteiger partial charge is 0.326 e. The van der Waals surface area contributed by atoms with Gasteiger partial charge in [0, 0.05) is 11.6 Å². The summed E-state index contributed by atoms with van der Waals surface area (Å²) in [4.78, 5) is 32.4. The molecule has 0 fully saturated rings. The van der Waals surface area contributed by atoms with Crippen molar-refractivity contribution in [2.45, 2.75) is 13.1 Å². The Balaban J connectivity index is 2.15. The summed E-state index contributed by atoms with van der Waals surface area (Å²) < 4.78 is 3.06. The molecular weight excluding hydrogens is 324 g/mol. The molecule has 0 bridgehead atoms. The maximum atomic E-state index is 12.3. The zero-order valence-electron chi connectivity index (χ0n) is 11.2. The first kappa shape index (κ1) is 14.5. The van der Waals surface area contributed by atoms with E-state index in [0.29, 0.717) is 22.4 Å². The zero-order chi connectivity index (χ0) is 15.7. The van der Waals surface area contributed by atoms with Crippen molar-refractivity contribution in [1.29, 1.82) is 0 Å². The third-order valence-electron chi connectivity index (χ3n) is 3.06. The number of hydrogen-bond acceptors (Lipinski definition) is 5. The second kappa shape index (κ2) is 5.75. The second-order valence-electron chi connectivity index (χ2n) is 4.45. The van der Waals surface area contributed by atoms with Gasteiger partial charge in [0.2, 0.25) is 0 Å². The number of fused-ring (bicyclic) bond motifs is 1. The van der Waals surface area contributed by atoms with Gasteiger partial charge in [-0.3, -0.25) is 4.79 Å². The SMILES string of the molecule is C#CCn1c(=O)nc2n(Cc3csc(Cl)n3)cccc-2c1=O. The standard InChI is InChI=1S/C14H9ClN4O2S/c1-2-5-19-12(20)10-4-3-6-18(11(10)17-14(19)21)7-9-8-22-13(15)16-9/h1,3-4,6,8H,5,7H2. The van der Waals surface area contributed by atoms with E-state index in [2.05, 4.69) is 15.9 Å². The van der Waals surface area contributed by atoms with Crippen LogP contribution >= 0.6 is 22.9 Å². The molecule has 22 heavy (non-hydrogen) atoms. The number of aromatic nitrogens is 4. The Kier molecular flexibility index (Phi) is 3.79. The number of hydrogen-bond donors (Lipinski definition) is 0. The van der Waals surface area contributed by atoms with E-state index in [1.54, 1.807) is 22.9 Å². The Morgan fingerprint density at radius 2 is 2.18 bits per heavy atom. The number of terminal acetylenes is 1. The number of halogens is 1. The number of rotatable bonds is 3. The molecule has 0 N–H and O–H groups in total. The molecule has 0 spiro atoms. The van der Waals surface area contributed by atoms with Crippen molar-refractivity contribution in [1.82, 2.24) is 19.1 Å². The van der Waals surface area contributed by atoms with Gasteiger partial charge in [0.25, 0.3) is 5.56 Å². The average molecular weight is 333 g/mol. The van der Waals surface area contributed by atoms with Crippen molar-refractivity contribution in [2.24, 2.45) is 0 Å². The highest BCUT2D eigenvalue weighted by molar-refractivity contribution is 7.13. The van der Waals surface area contributed by atoms with Gasteiger partial charge < -0.3 is 4.57 Å². The van der Waals surface area contributed by atoms with Gasteiger partial charge in [-0.05, 0) is 12.1 Å². The van der Waals surface area contributed by atoms with E-state index in [1.165, 1.54) is 11.3 Å². The van der Waals surface area contributed by atoms with E-state index >= 15 is 0 Å². The fourth-order valence-electron chi connectivity index (χ4n) is 2.11. The third-order valence-corrected chi connectivity index (χ3v) is 4.08. The Bertz CT molecular complexity index is 966. The van der Waals surface area contributed by atoms with E-state index < -0.39 is 11.2 Å². The van der Waals surface area contributed by atoms with Gasteiger partial charge in [0.1, 0.15) is 0 Å². The van der Waals surface area contributed by atoms with Crippen molar-refractivity contribution in [2.75, 3.05) is 0 Å². The molecule has 110 valence electrons. The fraction of sp³-hybridized carbons (Fsp3) is 0.143. The van der Waals surface area contributed by atoms with E-state index in [4.69, 9.17) is 18.0 Å². The monoisotopic (exact) mass is 332 g/mol. The van der Waals surface area contributed by atoms with Gasteiger partial charge in [0.05, 0.1) is 24.3 Å². The molecule has 2 aliphatic heterocycles. The van der Waals surface area contributed by atoms with E-state index in [1.807, 2.05) is 5.38 Å². The van der Waals surface area contributed by atoms with Crippen molar-refractivity contribution in [3.63, 3.8) is 0 Å². The molecule has 0 atom stereocenters. The van der Waals surface area contributed by atoms with Gasteiger partial charge in [-0.25, -0.2) is 14.3 Å². The van der Waals surface area contributed by atoms with Gasteiger partial charge in [0.15, 0.2) is 10.3 Å². The number of pyridine rings is 1. The fourth-order valence-corrected chi connectivity index (χ4v) is 2.88. The van der Waals surface area contributed by atoms with Gasteiger partial charge in [-0.15, -0.1) is 17.8 Å². The summed E-state index contributed by atoms with van der Waals surface area (Å²) in [6, 6.07) is 3.33. The van der Waals surface area contributed by atoms with Crippen molar-refractivity contribution >= 4 is 22.9 Å². The summed E-state index contributed by atoms with van der Waals surface area (Å²) >= 11 is 7.13. The molecule has 0 unspecified atom stereocenters. The van der Waals surface area contributed by atoms with Crippen LogP contribution < -0.4 is 11.2 Å². The maximum Gasteiger partial charge on any atom is 0.353 e. The molecule has 8 heteroatoms. The van der Waals surface area contributed by atoms with Crippen LogP contribution in [-0.2, 0) is 13.1 Å². The highest BCUT2D eigenvalue weighted by Crippen LogP contribution is 2.18. The quantitative estimate of drug-likeness (QED) is 0.678. The summed E-state index contributed by atoms with van der Waals surface area (Å²) in [5.41, 5.74) is -0.0430. The summed E-state index contributed by atoms with van der Waals surface area (Å²) in [5.74, 6) is 2.58. The van der Waals surface area contributed by atoms with Crippen LogP contribution in [0.1, 0.15) is 5.69 Å². The van der Waals surface area contributed by atoms with Crippen LogP contribution in [0, 0.1) is 12.3 Å². The highest BCUT2D eigenvalue weighted by atomic mass is 35.5. The zero-order valence-corrected chi connectivity index (χ0v) is 12.8. The maximum absolute atomic E-state index is 12.3. The largest absolute Gasteiger partial charge is 0.353 e. The first-order chi connectivity index (χ1) is 10.6. The predicted molar refractivity (Wildman–Crippen MR) is 84.4 cm³/mol. The van der Waals surface area contributed by atoms with Crippen molar-refractivity contribution in [3.8, 4) is 23.7 Å². The number of thiazole rings is 1. The van der Waals surface area contributed by atoms with Crippen molar-refractivity contribution in [3.05, 3.63) is 54.7 Å². The Morgan fingerprint density at radius 3 is 2.86 bits per heavy atom. The molecule has 0 amide bonds. The van der Waals surface area contributed by atoms with Crippen LogP contribution in [0.15, 0.2) is 33.3 Å². The Hall–Kier alpha value is -2.43. The normalized spacial score (nSPS) is 10.7. The Labute approximate surface area is 134 Å². The van der Waals surface area contributed by atoms with E-state index in [9.17, 15) is 9.59 Å². The van der Waals surface area contributed by atoms with Crippen LogP contribution in [0.4, 0.5) is 0 Å². The first-order valence-electron chi connectivity index (χ1n) is 6.23. The lowest BCUT2D eigenvalue weighted by atomic mass is 10.2.